The number of aliphatic hydroxyl groups is 1. The standard InChI is InChI=1S/C12H18F2N2O/c1-12(2,7-17)16(3)10-5-4-8(15)6-9(10)11(13)14/h4-6,11,17H,7,15H2,1-3H3. The number of halogens is 2. The van der Waals surface area contributed by atoms with E-state index in [0.717, 1.165) is 0 Å². The quantitative estimate of drug-likeness (QED) is 0.800. The summed E-state index contributed by atoms with van der Waals surface area (Å²) < 4.78 is 25.8. The van der Waals surface area contributed by atoms with E-state index >= 15 is 0 Å². The average Bonchev–Trinajstić information content (AvgIpc) is 2.28. The minimum Gasteiger partial charge on any atom is -0.399 e. The second kappa shape index (κ2) is 4.87. The summed E-state index contributed by atoms with van der Waals surface area (Å²) in [6, 6.07) is 4.39. The van der Waals surface area contributed by atoms with Crippen LogP contribution in [0.1, 0.15) is 25.8 Å². The number of hydrogen-bond acceptors (Lipinski definition) is 3. The lowest BCUT2D eigenvalue weighted by molar-refractivity contribution is 0.151. The molecule has 0 atom stereocenters. The SMILES string of the molecule is CN(c1ccc(N)cc1C(F)F)C(C)(C)CO. The van der Waals surface area contributed by atoms with Crippen LogP contribution in [0.3, 0.4) is 0 Å². The van der Waals surface area contributed by atoms with Crippen molar-refractivity contribution in [2.75, 3.05) is 24.3 Å². The Balaban J connectivity index is 3.22. The molecule has 0 heterocycles. The molecule has 1 aromatic carbocycles. The molecular formula is C12H18F2N2O. The van der Waals surface area contributed by atoms with Gasteiger partial charge in [0.1, 0.15) is 0 Å². The van der Waals surface area contributed by atoms with Gasteiger partial charge in [0.25, 0.3) is 6.43 Å². The number of rotatable bonds is 4. The molecule has 0 bridgehead atoms. The molecule has 3 nitrogen and oxygen atoms in total. The molecule has 3 N–H and O–H groups in total. The van der Waals surface area contributed by atoms with Crippen LogP contribution in [0.4, 0.5) is 20.2 Å². The fraction of sp³-hybridized carbons (Fsp3) is 0.500. The van der Waals surface area contributed by atoms with Crippen LogP contribution in [0.2, 0.25) is 0 Å². The fourth-order valence-electron chi connectivity index (χ4n) is 1.49. The molecule has 0 amide bonds. The molecule has 0 radical (unpaired) electrons. The first-order valence-corrected chi connectivity index (χ1v) is 5.32. The van der Waals surface area contributed by atoms with Crippen molar-refractivity contribution in [3.63, 3.8) is 0 Å². The predicted molar refractivity (Wildman–Crippen MR) is 65.4 cm³/mol. The van der Waals surface area contributed by atoms with Gasteiger partial charge in [0.2, 0.25) is 0 Å². The van der Waals surface area contributed by atoms with E-state index in [9.17, 15) is 13.9 Å². The monoisotopic (exact) mass is 244 g/mol. The second-order valence-corrected chi connectivity index (χ2v) is 4.65. The molecule has 0 saturated heterocycles. The number of hydrogen-bond donors (Lipinski definition) is 2. The van der Waals surface area contributed by atoms with Gasteiger partial charge in [-0.2, -0.15) is 0 Å². The zero-order valence-electron chi connectivity index (χ0n) is 10.2. The molecule has 0 spiro atoms. The molecule has 1 aromatic rings. The van der Waals surface area contributed by atoms with Crippen LogP contribution in [0.15, 0.2) is 18.2 Å². The van der Waals surface area contributed by atoms with Crippen molar-refractivity contribution < 1.29 is 13.9 Å². The van der Waals surface area contributed by atoms with E-state index in [1.165, 1.54) is 6.07 Å². The number of nitrogens with two attached hydrogens (primary N) is 1. The molecule has 17 heavy (non-hydrogen) atoms. The van der Waals surface area contributed by atoms with E-state index in [1.54, 1.807) is 37.9 Å². The number of anilines is 2. The fourth-order valence-corrected chi connectivity index (χ4v) is 1.49. The van der Waals surface area contributed by atoms with Gasteiger partial charge >= 0.3 is 0 Å². The maximum absolute atomic E-state index is 12.9. The normalized spacial score (nSPS) is 11.9. The number of aliphatic hydroxyl groups excluding tert-OH is 1. The Labute approximate surface area is 99.8 Å². The van der Waals surface area contributed by atoms with Gasteiger partial charge < -0.3 is 15.7 Å². The minimum absolute atomic E-state index is 0.117. The van der Waals surface area contributed by atoms with Gasteiger partial charge in [-0.1, -0.05) is 0 Å². The van der Waals surface area contributed by atoms with Gasteiger partial charge in [0.05, 0.1) is 12.1 Å². The first-order chi connectivity index (χ1) is 7.79. The molecule has 1 rings (SSSR count). The molecule has 0 unspecified atom stereocenters. The highest BCUT2D eigenvalue weighted by atomic mass is 19.3. The molecule has 0 aromatic heterocycles. The highest BCUT2D eigenvalue weighted by Crippen LogP contribution is 2.33. The van der Waals surface area contributed by atoms with Crippen molar-refractivity contribution in [1.82, 2.24) is 0 Å². The van der Waals surface area contributed by atoms with Crippen LogP contribution in [0.25, 0.3) is 0 Å². The van der Waals surface area contributed by atoms with Crippen molar-refractivity contribution in [3.8, 4) is 0 Å². The Hall–Kier alpha value is -1.36. The number of alkyl halides is 2. The topological polar surface area (TPSA) is 49.5 Å². The van der Waals surface area contributed by atoms with E-state index in [1.807, 2.05) is 0 Å². The molecule has 0 saturated carbocycles. The lowest BCUT2D eigenvalue weighted by Crippen LogP contribution is -2.44. The zero-order chi connectivity index (χ0) is 13.2. The summed E-state index contributed by atoms with van der Waals surface area (Å²) in [7, 11) is 1.67. The van der Waals surface area contributed by atoms with Crippen LogP contribution in [0.5, 0.6) is 0 Å². The van der Waals surface area contributed by atoms with Gasteiger partial charge in [0, 0.05) is 24.0 Å². The highest BCUT2D eigenvalue weighted by molar-refractivity contribution is 5.61. The lowest BCUT2D eigenvalue weighted by atomic mass is 10.0. The minimum atomic E-state index is -2.59. The Morgan fingerprint density at radius 2 is 2.00 bits per heavy atom. The van der Waals surface area contributed by atoms with Crippen molar-refractivity contribution in [2.45, 2.75) is 25.8 Å². The van der Waals surface area contributed by atoms with Crippen LogP contribution in [0, 0.1) is 0 Å². The smallest absolute Gasteiger partial charge is 0.265 e. The van der Waals surface area contributed by atoms with Crippen LogP contribution >= 0.6 is 0 Å². The number of benzene rings is 1. The summed E-state index contributed by atoms with van der Waals surface area (Å²) >= 11 is 0. The van der Waals surface area contributed by atoms with Crippen molar-refractivity contribution >= 4 is 11.4 Å². The van der Waals surface area contributed by atoms with Crippen LogP contribution in [-0.2, 0) is 0 Å². The highest BCUT2D eigenvalue weighted by Gasteiger charge is 2.26. The molecule has 5 heteroatoms. The Kier molecular flexibility index (Phi) is 3.93. The van der Waals surface area contributed by atoms with Crippen molar-refractivity contribution in [2.24, 2.45) is 0 Å². The zero-order valence-corrected chi connectivity index (χ0v) is 10.2. The molecule has 0 aliphatic heterocycles. The number of nitrogens with zero attached hydrogens (tertiary/aromatic N) is 1. The van der Waals surface area contributed by atoms with Crippen LogP contribution in [-0.4, -0.2) is 24.3 Å². The maximum Gasteiger partial charge on any atom is 0.265 e. The summed E-state index contributed by atoms with van der Waals surface area (Å²) in [5.41, 5.74) is 5.47. The first kappa shape index (κ1) is 13.7. The number of nitrogen functional groups attached to an aromatic ring is 1. The van der Waals surface area contributed by atoms with Gasteiger partial charge in [-0.3, -0.25) is 0 Å². The summed E-state index contributed by atoms with van der Waals surface area (Å²) in [6.45, 7) is 3.42. The van der Waals surface area contributed by atoms with Gasteiger partial charge in [-0.05, 0) is 32.0 Å². The number of likely N-dealkylation sites (N-methyl/N-ethyl adjacent to an activating group) is 1. The summed E-state index contributed by atoms with van der Waals surface area (Å²) in [4.78, 5) is 1.63. The molecule has 96 valence electrons. The van der Waals surface area contributed by atoms with E-state index < -0.39 is 12.0 Å². The van der Waals surface area contributed by atoms with Gasteiger partial charge in [0.15, 0.2) is 0 Å². The molecule has 0 aliphatic carbocycles. The third kappa shape index (κ3) is 2.85. The third-order valence-corrected chi connectivity index (χ3v) is 2.94. The van der Waals surface area contributed by atoms with Crippen molar-refractivity contribution in [3.05, 3.63) is 23.8 Å². The van der Waals surface area contributed by atoms with E-state index in [-0.39, 0.29) is 12.2 Å². The lowest BCUT2D eigenvalue weighted by Gasteiger charge is -2.37. The third-order valence-electron chi connectivity index (χ3n) is 2.94. The summed E-state index contributed by atoms with van der Waals surface area (Å²) in [5, 5.41) is 9.26. The van der Waals surface area contributed by atoms with E-state index in [2.05, 4.69) is 0 Å². The summed E-state index contributed by atoms with van der Waals surface area (Å²) in [5.74, 6) is 0. The molecule has 0 fully saturated rings. The Morgan fingerprint density at radius 1 is 1.41 bits per heavy atom. The largest absolute Gasteiger partial charge is 0.399 e. The molecular weight excluding hydrogens is 226 g/mol. The predicted octanol–water partition coefficient (Wildman–Crippen LogP) is 2.41. The van der Waals surface area contributed by atoms with Crippen molar-refractivity contribution in [1.29, 1.82) is 0 Å². The van der Waals surface area contributed by atoms with E-state index in [4.69, 9.17) is 5.73 Å². The van der Waals surface area contributed by atoms with Crippen LogP contribution < -0.4 is 10.6 Å². The average molecular weight is 244 g/mol. The summed E-state index contributed by atoms with van der Waals surface area (Å²) in [6.07, 6.45) is -2.59. The Bertz CT molecular complexity index is 394. The van der Waals surface area contributed by atoms with Gasteiger partial charge in [-0.15, -0.1) is 0 Å². The van der Waals surface area contributed by atoms with Gasteiger partial charge in [-0.25, -0.2) is 8.78 Å². The van der Waals surface area contributed by atoms with E-state index in [0.29, 0.717) is 11.4 Å². The Morgan fingerprint density at radius 3 is 2.47 bits per heavy atom. The first-order valence-electron chi connectivity index (χ1n) is 5.32. The maximum atomic E-state index is 12.9. The second-order valence-electron chi connectivity index (χ2n) is 4.65. The molecule has 0 aliphatic rings.